The molecule has 0 aliphatic carbocycles. The maximum atomic E-state index is 14.3. The fraction of sp³-hybridized carbons (Fsp3) is 0.324. The SMILES string of the molecule is COc1ccc(OC)c([C@@H]2C(C(=O)OC(C)C)=C(C)N=c3s/c(=C\c4cc(C)n(-c5ccc(N(C)C)cc5)c4C)c(=O)n32)c1. The quantitative estimate of drug-likeness (QED) is 0.268. The van der Waals surface area contributed by atoms with Gasteiger partial charge < -0.3 is 23.7 Å². The minimum Gasteiger partial charge on any atom is -0.497 e. The summed E-state index contributed by atoms with van der Waals surface area (Å²) in [5.41, 5.74) is 6.25. The number of aryl methyl sites for hydroxylation is 1. The smallest absolute Gasteiger partial charge is 0.338 e. The third kappa shape index (κ3) is 5.57. The lowest BCUT2D eigenvalue weighted by Crippen LogP contribution is -2.40. The first-order valence-electron chi connectivity index (χ1n) is 14.4. The molecule has 10 heteroatoms. The first-order valence-corrected chi connectivity index (χ1v) is 15.2. The number of thiazole rings is 1. The van der Waals surface area contributed by atoms with Gasteiger partial charge in [0.25, 0.3) is 5.56 Å². The summed E-state index contributed by atoms with van der Waals surface area (Å²) in [7, 11) is 7.16. The molecule has 0 amide bonds. The van der Waals surface area contributed by atoms with Crippen LogP contribution < -0.4 is 29.3 Å². The van der Waals surface area contributed by atoms with Crippen LogP contribution in [0.5, 0.6) is 11.5 Å². The van der Waals surface area contributed by atoms with Gasteiger partial charge in [-0.2, -0.15) is 0 Å². The zero-order valence-corrected chi connectivity index (χ0v) is 27.4. The van der Waals surface area contributed by atoms with Crippen LogP contribution in [0.25, 0.3) is 11.8 Å². The number of ether oxygens (including phenoxy) is 3. The highest BCUT2D eigenvalue weighted by Crippen LogP contribution is 2.38. The fourth-order valence-electron chi connectivity index (χ4n) is 5.58. The Balaban J connectivity index is 1.70. The lowest BCUT2D eigenvalue weighted by molar-refractivity contribution is -0.143. The van der Waals surface area contributed by atoms with E-state index in [-0.39, 0.29) is 17.2 Å². The summed E-state index contributed by atoms with van der Waals surface area (Å²) >= 11 is 1.29. The molecule has 0 N–H and O–H groups in total. The fourth-order valence-corrected chi connectivity index (χ4v) is 6.62. The molecule has 4 aromatic rings. The number of hydrogen-bond donors (Lipinski definition) is 0. The van der Waals surface area contributed by atoms with E-state index in [1.807, 2.05) is 27.1 Å². The number of allylic oxidation sites excluding steroid dienone is 1. The number of anilines is 1. The van der Waals surface area contributed by atoms with E-state index in [1.54, 1.807) is 57.8 Å². The predicted molar refractivity (Wildman–Crippen MR) is 174 cm³/mol. The van der Waals surface area contributed by atoms with Crippen LogP contribution >= 0.6 is 11.3 Å². The molecule has 0 fully saturated rings. The first-order chi connectivity index (χ1) is 20.9. The summed E-state index contributed by atoms with van der Waals surface area (Å²) in [5.74, 6) is 0.549. The topological polar surface area (TPSA) is 87.3 Å². The Morgan fingerprint density at radius 3 is 2.34 bits per heavy atom. The number of benzene rings is 2. The van der Waals surface area contributed by atoms with E-state index >= 15 is 0 Å². The Morgan fingerprint density at radius 1 is 1.02 bits per heavy atom. The van der Waals surface area contributed by atoms with Gasteiger partial charge in [-0.15, -0.1) is 0 Å². The van der Waals surface area contributed by atoms with Gasteiger partial charge in [0.1, 0.15) is 17.5 Å². The van der Waals surface area contributed by atoms with Crippen LogP contribution in [0.2, 0.25) is 0 Å². The highest BCUT2D eigenvalue weighted by Gasteiger charge is 2.36. The number of aromatic nitrogens is 2. The van der Waals surface area contributed by atoms with Gasteiger partial charge in [0.15, 0.2) is 4.80 Å². The number of hydrogen-bond acceptors (Lipinski definition) is 8. The molecule has 44 heavy (non-hydrogen) atoms. The third-order valence-corrected chi connectivity index (χ3v) is 8.68. The third-order valence-electron chi connectivity index (χ3n) is 7.70. The van der Waals surface area contributed by atoms with E-state index in [2.05, 4.69) is 46.7 Å². The number of nitrogens with zero attached hydrogens (tertiary/aromatic N) is 4. The lowest BCUT2D eigenvalue weighted by atomic mass is 9.94. The minimum absolute atomic E-state index is 0.258. The van der Waals surface area contributed by atoms with Crippen molar-refractivity contribution in [1.29, 1.82) is 0 Å². The second-order valence-corrected chi connectivity index (χ2v) is 12.2. The molecule has 0 unspecified atom stereocenters. The molecule has 2 aromatic carbocycles. The molecule has 0 bridgehead atoms. The van der Waals surface area contributed by atoms with Gasteiger partial charge >= 0.3 is 5.97 Å². The maximum Gasteiger partial charge on any atom is 0.338 e. The molecule has 0 radical (unpaired) electrons. The van der Waals surface area contributed by atoms with Crippen LogP contribution in [0.3, 0.4) is 0 Å². The van der Waals surface area contributed by atoms with Crippen molar-refractivity contribution >= 4 is 29.1 Å². The Hall–Kier alpha value is -4.57. The monoisotopic (exact) mass is 614 g/mol. The molecule has 0 spiro atoms. The molecule has 5 rings (SSSR count). The van der Waals surface area contributed by atoms with Crippen LogP contribution in [0, 0.1) is 13.8 Å². The standard InChI is InChI=1S/C34H38N4O5S/c1-19(2)43-33(40)30-21(4)35-34-38(31(30)27-18-26(41-8)14-15-28(27)42-9)32(39)29(44-34)17-23-16-20(3)37(22(23)5)25-12-10-24(11-13-25)36(6)7/h10-19,31H,1-9H3/b29-17-/t31-/m1/s1. The number of rotatable bonds is 8. The second kappa shape index (κ2) is 12.2. The zero-order valence-electron chi connectivity index (χ0n) is 26.6. The molecule has 1 aliphatic rings. The van der Waals surface area contributed by atoms with Gasteiger partial charge in [-0.3, -0.25) is 9.36 Å². The van der Waals surface area contributed by atoms with Crippen molar-refractivity contribution in [2.75, 3.05) is 33.2 Å². The molecular formula is C34H38N4O5S. The molecule has 1 aliphatic heterocycles. The van der Waals surface area contributed by atoms with Crippen molar-refractivity contribution in [3.8, 4) is 17.2 Å². The van der Waals surface area contributed by atoms with Crippen LogP contribution in [-0.2, 0) is 9.53 Å². The summed E-state index contributed by atoms with van der Waals surface area (Å²) in [4.78, 5) is 35.0. The van der Waals surface area contributed by atoms with Crippen LogP contribution in [0.4, 0.5) is 5.69 Å². The second-order valence-electron chi connectivity index (χ2n) is 11.2. The van der Waals surface area contributed by atoms with Crippen molar-refractivity contribution in [3.63, 3.8) is 0 Å². The summed E-state index contributed by atoms with van der Waals surface area (Å²) in [6.07, 6.45) is 1.55. The molecule has 230 valence electrons. The van der Waals surface area contributed by atoms with Crippen LogP contribution in [-0.4, -0.2) is 49.5 Å². The Kier molecular flexibility index (Phi) is 8.56. The normalized spacial score (nSPS) is 14.9. The van der Waals surface area contributed by atoms with Crippen molar-refractivity contribution in [2.45, 2.75) is 46.8 Å². The van der Waals surface area contributed by atoms with E-state index < -0.39 is 12.0 Å². The van der Waals surface area contributed by atoms with Gasteiger partial charge in [0.2, 0.25) is 0 Å². The molecule has 3 heterocycles. The molecular weight excluding hydrogens is 576 g/mol. The Labute approximate surface area is 260 Å². The summed E-state index contributed by atoms with van der Waals surface area (Å²) in [6.45, 7) is 9.44. The van der Waals surface area contributed by atoms with Crippen molar-refractivity contribution in [1.82, 2.24) is 9.13 Å². The van der Waals surface area contributed by atoms with Gasteiger partial charge in [0, 0.05) is 42.4 Å². The van der Waals surface area contributed by atoms with Crippen molar-refractivity contribution in [3.05, 3.63) is 102 Å². The highest BCUT2D eigenvalue weighted by molar-refractivity contribution is 7.07. The number of fused-ring (bicyclic) bond motifs is 1. The van der Waals surface area contributed by atoms with Gasteiger partial charge in [-0.05, 0) is 94.8 Å². The van der Waals surface area contributed by atoms with Gasteiger partial charge in [-0.25, -0.2) is 9.79 Å². The molecule has 0 saturated heterocycles. The summed E-state index contributed by atoms with van der Waals surface area (Å²) in [5, 5.41) is 0. The van der Waals surface area contributed by atoms with Crippen molar-refractivity contribution in [2.24, 2.45) is 4.99 Å². The number of methoxy groups -OCH3 is 2. The van der Waals surface area contributed by atoms with Crippen molar-refractivity contribution < 1.29 is 19.0 Å². The van der Waals surface area contributed by atoms with E-state index in [9.17, 15) is 9.59 Å². The Bertz CT molecular complexity index is 1940. The predicted octanol–water partition coefficient (Wildman–Crippen LogP) is 4.68. The largest absolute Gasteiger partial charge is 0.497 e. The molecule has 2 aromatic heterocycles. The average molecular weight is 615 g/mol. The summed E-state index contributed by atoms with van der Waals surface area (Å²) in [6, 6.07) is 14.9. The molecule has 0 saturated carbocycles. The van der Waals surface area contributed by atoms with Gasteiger partial charge in [-0.1, -0.05) is 11.3 Å². The zero-order chi connectivity index (χ0) is 31.9. The highest BCUT2D eigenvalue weighted by atomic mass is 32.1. The Morgan fingerprint density at radius 2 is 1.73 bits per heavy atom. The van der Waals surface area contributed by atoms with Crippen LogP contribution in [0.15, 0.2) is 69.6 Å². The van der Waals surface area contributed by atoms with E-state index in [1.165, 1.54) is 11.3 Å². The van der Waals surface area contributed by atoms with E-state index in [0.29, 0.717) is 32.1 Å². The minimum atomic E-state index is -0.827. The number of esters is 1. The van der Waals surface area contributed by atoms with Crippen LogP contribution in [0.1, 0.15) is 49.3 Å². The summed E-state index contributed by atoms with van der Waals surface area (Å²) < 4.78 is 21.1. The number of carbonyl (C=O) groups excluding carboxylic acids is 1. The van der Waals surface area contributed by atoms with E-state index in [4.69, 9.17) is 19.2 Å². The first kappa shape index (κ1) is 30.9. The molecule has 9 nitrogen and oxygen atoms in total. The van der Waals surface area contributed by atoms with E-state index in [0.717, 1.165) is 28.3 Å². The lowest BCUT2D eigenvalue weighted by Gasteiger charge is -2.26. The average Bonchev–Trinajstić information content (AvgIpc) is 3.44. The maximum absolute atomic E-state index is 14.3. The molecule has 1 atom stereocenters. The van der Waals surface area contributed by atoms with Gasteiger partial charge in [0.05, 0.1) is 36.1 Å². The number of carbonyl (C=O) groups is 1.